The molecule has 1 aliphatic rings. The molecule has 1 amide bonds. The van der Waals surface area contributed by atoms with E-state index in [0.717, 1.165) is 18.9 Å². The molecule has 0 bridgehead atoms. The van der Waals surface area contributed by atoms with Gasteiger partial charge in [-0.1, -0.05) is 33.6 Å². The maximum atomic E-state index is 12.1. The van der Waals surface area contributed by atoms with Gasteiger partial charge in [-0.25, -0.2) is 0 Å². The van der Waals surface area contributed by atoms with Crippen molar-refractivity contribution in [2.75, 3.05) is 13.6 Å². The number of carbonyl (C=O) groups excluding carboxylic acids is 1. The average Bonchev–Trinajstić information content (AvgIpc) is 2.33. The first-order valence-electron chi connectivity index (χ1n) is 7.49. The van der Waals surface area contributed by atoms with Gasteiger partial charge in [0.1, 0.15) is 0 Å². The maximum absolute atomic E-state index is 12.1. The molecule has 1 fully saturated rings. The highest BCUT2D eigenvalue weighted by atomic mass is 16.2. The second-order valence-corrected chi connectivity index (χ2v) is 6.14. The summed E-state index contributed by atoms with van der Waals surface area (Å²) in [5.74, 6) is 1.10. The minimum absolute atomic E-state index is 0.319. The predicted molar refractivity (Wildman–Crippen MR) is 76.6 cm³/mol. The van der Waals surface area contributed by atoms with Gasteiger partial charge in [-0.05, 0) is 31.7 Å². The van der Waals surface area contributed by atoms with Gasteiger partial charge < -0.3 is 10.2 Å². The zero-order valence-corrected chi connectivity index (χ0v) is 12.5. The molecule has 0 aromatic rings. The lowest BCUT2D eigenvalue weighted by Gasteiger charge is -2.34. The van der Waals surface area contributed by atoms with Crippen LogP contribution in [0.25, 0.3) is 0 Å². The third kappa shape index (κ3) is 5.38. The highest BCUT2D eigenvalue weighted by molar-refractivity contribution is 5.76. The number of amides is 1. The maximum Gasteiger partial charge on any atom is 0.222 e. The molecule has 0 aromatic carbocycles. The molecule has 2 atom stereocenters. The molecular formula is C15H30N2O. The summed E-state index contributed by atoms with van der Waals surface area (Å²) >= 11 is 0. The minimum atomic E-state index is 0.319. The van der Waals surface area contributed by atoms with Gasteiger partial charge in [-0.2, -0.15) is 0 Å². The molecule has 1 saturated carbocycles. The Bertz CT molecular complexity index is 253. The summed E-state index contributed by atoms with van der Waals surface area (Å²) in [6.07, 6.45) is 6.61. The molecule has 0 aromatic heterocycles. The lowest BCUT2D eigenvalue weighted by atomic mass is 9.86. The lowest BCUT2D eigenvalue weighted by molar-refractivity contribution is -0.132. The first-order chi connectivity index (χ1) is 8.50. The number of hydrogen-bond acceptors (Lipinski definition) is 2. The van der Waals surface area contributed by atoms with E-state index in [1.807, 2.05) is 11.9 Å². The van der Waals surface area contributed by atoms with Crippen molar-refractivity contribution in [1.82, 2.24) is 10.2 Å². The van der Waals surface area contributed by atoms with Crippen LogP contribution < -0.4 is 5.32 Å². The Morgan fingerprint density at radius 1 is 1.39 bits per heavy atom. The Morgan fingerprint density at radius 3 is 2.72 bits per heavy atom. The summed E-state index contributed by atoms with van der Waals surface area (Å²) in [7, 11) is 1.99. The van der Waals surface area contributed by atoms with Crippen LogP contribution in [-0.2, 0) is 4.79 Å². The van der Waals surface area contributed by atoms with E-state index in [1.54, 1.807) is 0 Å². The zero-order valence-electron chi connectivity index (χ0n) is 12.5. The molecule has 3 nitrogen and oxygen atoms in total. The molecule has 0 spiro atoms. The van der Waals surface area contributed by atoms with E-state index in [9.17, 15) is 4.79 Å². The molecule has 1 N–H and O–H groups in total. The van der Waals surface area contributed by atoms with Crippen LogP contribution in [0.2, 0.25) is 0 Å². The fourth-order valence-corrected chi connectivity index (χ4v) is 2.76. The van der Waals surface area contributed by atoms with E-state index in [-0.39, 0.29) is 0 Å². The van der Waals surface area contributed by atoms with Gasteiger partial charge >= 0.3 is 0 Å². The third-order valence-corrected chi connectivity index (χ3v) is 3.97. The summed E-state index contributed by atoms with van der Waals surface area (Å²) in [5.41, 5.74) is 0. The Morgan fingerprint density at radius 2 is 2.11 bits per heavy atom. The molecule has 3 heteroatoms. The Hall–Kier alpha value is -0.570. The quantitative estimate of drug-likeness (QED) is 0.739. The highest BCUT2D eigenvalue weighted by Gasteiger charge is 2.24. The molecular weight excluding hydrogens is 224 g/mol. The van der Waals surface area contributed by atoms with E-state index in [2.05, 4.69) is 26.1 Å². The Labute approximate surface area is 112 Å². The van der Waals surface area contributed by atoms with Gasteiger partial charge in [-0.15, -0.1) is 0 Å². The van der Waals surface area contributed by atoms with Gasteiger partial charge in [-0.3, -0.25) is 4.79 Å². The zero-order chi connectivity index (χ0) is 13.5. The molecule has 1 rings (SSSR count). The molecule has 0 saturated heterocycles. The van der Waals surface area contributed by atoms with E-state index >= 15 is 0 Å². The van der Waals surface area contributed by atoms with Crippen molar-refractivity contribution in [3.05, 3.63) is 0 Å². The lowest BCUT2D eigenvalue weighted by Crippen LogP contribution is -2.40. The van der Waals surface area contributed by atoms with Crippen LogP contribution in [0.5, 0.6) is 0 Å². The molecule has 18 heavy (non-hydrogen) atoms. The van der Waals surface area contributed by atoms with Crippen molar-refractivity contribution in [3.63, 3.8) is 0 Å². The van der Waals surface area contributed by atoms with Gasteiger partial charge in [0.25, 0.3) is 0 Å². The highest BCUT2D eigenvalue weighted by Crippen LogP contribution is 2.26. The van der Waals surface area contributed by atoms with Crippen molar-refractivity contribution in [1.29, 1.82) is 0 Å². The van der Waals surface area contributed by atoms with E-state index < -0.39 is 0 Å². The average molecular weight is 254 g/mol. The minimum Gasteiger partial charge on any atom is -0.343 e. The third-order valence-electron chi connectivity index (χ3n) is 3.97. The van der Waals surface area contributed by atoms with Crippen molar-refractivity contribution < 1.29 is 4.79 Å². The van der Waals surface area contributed by atoms with Crippen molar-refractivity contribution in [2.45, 2.75) is 71.4 Å². The fourth-order valence-electron chi connectivity index (χ4n) is 2.76. The monoisotopic (exact) mass is 254 g/mol. The van der Waals surface area contributed by atoms with Crippen molar-refractivity contribution in [2.24, 2.45) is 5.92 Å². The standard InChI is InChI=1S/C15H30N2O/c1-12(2)16-10-6-9-15(18)17(4)14-8-5-7-13(3)11-14/h12-14,16H,5-11H2,1-4H3. The van der Waals surface area contributed by atoms with E-state index in [4.69, 9.17) is 0 Å². The smallest absolute Gasteiger partial charge is 0.222 e. The number of nitrogens with zero attached hydrogens (tertiary/aromatic N) is 1. The fraction of sp³-hybridized carbons (Fsp3) is 0.933. The van der Waals surface area contributed by atoms with Gasteiger partial charge in [0.05, 0.1) is 0 Å². The first-order valence-corrected chi connectivity index (χ1v) is 7.49. The molecule has 0 aliphatic heterocycles. The summed E-state index contributed by atoms with van der Waals surface area (Å²) in [6.45, 7) is 7.52. The number of hydrogen-bond donors (Lipinski definition) is 1. The first kappa shape index (κ1) is 15.5. The number of rotatable bonds is 6. The Kier molecular flexibility index (Phi) is 6.69. The second-order valence-electron chi connectivity index (χ2n) is 6.14. The predicted octanol–water partition coefficient (Wildman–Crippen LogP) is 2.80. The van der Waals surface area contributed by atoms with Crippen LogP contribution in [-0.4, -0.2) is 36.5 Å². The van der Waals surface area contributed by atoms with Crippen LogP contribution in [0, 0.1) is 5.92 Å². The number of carbonyl (C=O) groups is 1. The van der Waals surface area contributed by atoms with Crippen LogP contribution in [0.1, 0.15) is 59.3 Å². The van der Waals surface area contributed by atoms with Crippen molar-refractivity contribution in [3.8, 4) is 0 Å². The van der Waals surface area contributed by atoms with E-state index in [1.165, 1.54) is 25.7 Å². The Balaban J connectivity index is 2.23. The number of nitrogens with one attached hydrogen (secondary N) is 1. The van der Waals surface area contributed by atoms with Crippen LogP contribution in [0.15, 0.2) is 0 Å². The molecule has 106 valence electrons. The SMILES string of the molecule is CC1CCCC(N(C)C(=O)CCCNC(C)C)C1. The van der Waals surface area contributed by atoms with Crippen LogP contribution in [0.4, 0.5) is 0 Å². The van der Waals surface area contributed by atoms with Gasteiger partial charge in [0, 0.05) is 25.6 Å². The molecule has 0 radical (unpaired) electrons. The van der Waals surface area contributed by atoms with Gasteiger partial charge in [0.15, 0.2) is 0 Å². The topological polar surface area (TPSA) is 32.3 Å². The van der Waals surface area contributed by atoms with Crippen molar-refractivity contribution >= 4 is 5.91 Å². The van der Waals surface area contributed by atoms with Crippen LogP contribution in [0.3, 0.4) is 0 Å². The molecule has 2 unspecified atom stereocenters. The summed E-state index contributed by atoms with van der Waals surface area (Å²) in [5, 5.41) is 3.36. The largest absolute Gasteiger partial charge is 0.343 e. The molecule has 0 heterocycles. The molecule has 1 aliphatic carbocycles. The summed E-state index contributed by atoms with van der Waals surface area (Å²) in [6, 6.07) is 0.997. The second kappa shape index (κ2) is 7.78. The summed E-state index contributed by atoms with van der Waals surface area (Å²) in [4.78, 5) is 14.1. The van der Waals surface area contributed by atoms with Gasteiger partial charge in [0.2, 0.25) is 5.91 Å². The summed E-state index contributed by atoms with van der Waals surface area (Å²) < 4.78 is 0. The van der Waals surface area contributed by atoms with E-state index in [0.29, 0.717) is 24.4 Å². The van der Waals surface area contributed by atoms with Crippen LogP contribution >= 0.6 is 0 Å². The normalized spacial score (nSPS) is 24.3.